The normalized spacial score (nSPS) is 15.7. The molecule has 0 bridgehead atoms. The summed E-state index contributed by atoms with van der Waals surface area (Å²) in [4.78, 5) is 14.6. The van der Waals surface area contributed by atoms with Crippen molar-refractivity contribution in [3.8, 4) is 0 Å². The third-order valence-corrected chi connectivity index (χ3v) is 6.07. The number of likely N-dealkylation sites (tertiary alicyclic amines) is 1. The molecule has 0 saturated carbocycles. The van der Waals surface area contributed by atoms with Crippen molar-refractivity contribution >= 4 is 15.7 Å². The Morgan fingerprint density at radius 3 is 2.19 bits per heavy atom. The van der Waals surface area contributed by atoms with Crippen molar-refractivity contribution in [3.05, 3.63) is 71.3 Å². The van der Waals surface area contributed by atoms with Gasteiger partial charge in [0.15, 0.2) is 9.84 Å². The predicted octanol–water partition coefficient (Wildman–Crippen LogP) is 3.72. The number of hydrogen-bond donors (Lipinski definition) is 0. The lowest BCUT2D eigenvalue weighted by Crippen LogP contribution is -2.38. The smallest absolute Gasteiger partial charge is 0.253 e. The maximum absolute atomic E-state index is 12.7. The third-order valence-electron chi connectivity index (χ3n) is 5.22. The van der Waals surface area contributed by atoms with Crippen LogP contribution in [0.4, 0.5) is 0 Å². The van der Waals surface area contributed by atoms with Crippen molar-refractivity contribution in [2.24, 2.45) is 5.92 Å². The Balaban J connectivity index is 1.49. The van der Waals surface area contributed by atoms with E-state index in [0.29, 0.717) is 17.0 Å². The van der Waals surface area contributed by atoms with E-state index in [2.05, 4.69) is 24.3 Å². The zero-order valence-corrected chi connectivity index (χ0v) is 16.6. The summed E-state index contributed by atoms with van der Waals surface area (Å²) in [5, 5.41) is 0. The standard InChI is InChI=1S/C22H27NO3S/c1-27(25,26)17-20-9-11-21(12-10-20)22(24)23-15-13-19(14-16-23)8-7-18-5-3-2-4-6-18/h2-6,9-12,19H,7-8,13-17H2,1H3. The van der Waals surface area contributed by atoms with Gasteiger partial charge in [-0.2, -0.15) is 0 Å². The van der Waals surface area contributed by atoms with Crippen LogP contribution in [0.1, 0.15) is 40.7 Å². The molecule has 5 heteroatoms. The number of piperidine rings is 1. The Kier molecular flexibility index (Phi) is 6.32. The van der Waals surface area contributed by atoms with Crippen molar-refractivity contribution in [1.82, 2.24) is 4.90 Å². The van der Waals surface area contributed by atoms with E-state index >= 15 is 0 Å². The van der Waals surface area contributed by atoms with Crippen molar-refractivity contribution in [3.63, 3.8) is 0 Å². The molecule has 1 aliphatic heterocycles. The van der Waals surface area contributed by atoms with Crippen molar-refractivity contribution in [1.29, 1.82) is 0 Å². The Morgan fingerprint density at radius 2 is 1.59 bits per heavy atom. The lowest BCUT2D eigenvalue weighted by atomic mass is 9.90. The molecular formula is C22H27NO3S. The first-order valence-electron chi connectivity index (χ1n) is 9.50. The van der Waals surface area contributed by atoms with Gasteiger partial charge in [-0.25, -0.2) is 8.42 Å². The quantitative estimate of drug-likeness (QED) is 0.762. The number of carbonyl (C=O) groups is 1. The zero-order chi connectivity index (χ0) is 19.3. The summed E-state index contributed by atoms with van der Waals surface area (Å²) in [5.41, 5.74) is 2.73. The average molecular weight is 386 g/mol. The number of hydrogen-bond acceptors (Lipinski definition) is 3. The van der Waals surface area contributed by atoms with Gasteiger partial charge in [-0.15, -0.1) is 0 Å². The minimum Gasteiger partial charge on any atom is -0.339 e. The number of nitrogens with zero attached hydrogens (tertiary/aromatic N) is 1. The van der Waals surface area contributed by atoms with E-state index in [1.54, 1.807) is 24.3 Å². The molecule has 0 N–H and O–H groups in total. The highest BCUT2D eigenvalue weighted by atomic mass is 32.2. The summed E-state index contributed by atoms with van der Waals surface area (Å²) in [6.07, 6.45) is 5.58. The highest BCUT2D eigenvalue weighted by Crippen LogP contribution is 2.23. The minimum atomic E-state index is -3.06. The summed E-state index contributed by atoms with van der Waals surface area (Å²) in [5.74, 6) is 0.725. The summed E-state index contributed by atoms with van der Waals surface area (Å²) in [6.45, 7) is 1.59. The van der Waals surface area contributed by atoms with Crippen LogP contribution in [0, 0.1) is 5.92 Å². The molecule has 0 aliphatic carbocycles. The van der Waals surface area contributed by atoms with Gasteiger partial charge in [0.25, 0.3) is 5.91 Å². The highest BCUT2D eigenvalue weighted by Gasteiger charge is 2.23. The maximum Gasteiger partial charge on any atom is 0.253 e. The minimum absolute atomic E-state index is 0.00821. The molecule has 0 unspecified atom stereocenters. The number of sulfone groups is 1. The molecule has 2 aromatic rings. The van der Waals surface area contributed by atoms with Crippen molar-refractivity contribution < 1.29 is 13.2 Å². The molecule has 0 radical (unpaired) electrons. The Bertz CT molecular complexity index is 852. The second-order valence-corrected chi connectivity index (χ2v) is 9.67. The number of aryl methyl sites for hydroxylation is 1. The molecule has 0 spiro atoms. The summed E-state index contributed by atoms with van der Waals surface area (Å²) in [6, 6.07) is 17.5. The first-order valence-corrected chi connectivity index (χ1v) is 11.6. The summed E-state index contributed by atoms with van der Waals surface area (Å²) < 4.78 is 22.7. The van der Waals surface area contributed by atoms with Crippen LogP contribution < -0.4 is 0 Å². The van der Waals surface area contributed by atoms with E-state index < -0.39 is 9.84 Å². The van der Waals surface area contributed by atoms with Crippen LogP contribution in [0.25, 0.3) is 0 Å². The topological polar surface area (TPSA) is 54.5 Å². The molecule has 2 aromatic carbocycles. The third kappa shape index (κ3) is 5.93. The number of carbonyl (C=O) groups excluding carboxylic acids is 1. The van der Waals surface area contributed by atoms with Crippen LogP contribution in [-0.4, -0.2) is 38.6 Å². The van der Waals surface area contributed by atoms with E-state index in [9.17, 15) is 13.2 Å². The fourth-order valence-electron chi connectivity index (χ4n) is 3.67. The van der Waals surface area contributed by atoms with E-state index in [4.69, 9.17) is 0 Å². The largest absolute Gasteiger partial charge is 0.339 e. The fraction of sp³-hybridized carbons (Fsp3) is 0.409. The molecule has 1 aliphatic rings. The van der Waals surface area contributed by atoms with Gasteiger partial charge in [0.1, 0.15) is 0 Å². The van der Waals surface area contributed by atoms with E-state index in [-0.39, 0.29) is 11.7 Å². The molecule has 27 heavy (non-hydrogen) atoms. The lowest BCUT2D eigenvalue weighted by Gasteiger charge is -2.32. The molecule has 4 nitrogen and oxygen atoms in total. The van der Waals surface area contributed by atoms with Crippen LogP contribution in [0.5, 0.6) is 0 Å². The second kappa shape index (κ2) is 8.70. The molecule has 0 aromatic heterocycles. The Labute approximate surface area is 162 Å². The van der Waals surface area contributed by atoms with Gasteiger partial charge in [0.2, 0.25) is 0 Å². The van der Waals surface area contributed by atoms with Crippen LogP contribution in [0.3, 0.4) is 0 Å². The van der Waals surface area contributed by atoms with Gasteiger partial charge in [-0.05, 0) is 54.9 Å². The van der Waals surface area contributed by atoms with E-state index in [0.717, 1.165) is 32.4 Å². The highest BCUT2D eigenvalue weighted by molar-refractivity contribution is 7.89. The van der Waals surface area contributed by atoms with Crippen LogP contribution in [0.2, 0.25) is 0 Å². The SMILES string of the molecule is CS(=O)(=O)Cc1ccc(C(=O)N2CCC(CCc3ccccc3)CC2)cc1. The Hall–Kier alpha value is -2.14. The molecule has 1 fully saturated rings. The van der Waals surface area contributed by atoms with Gasteiger partial charge in [-0.3, -0.25) is 4.79 Å². The molecule has 0 atom stereocenters. The average Bonchev–Trinajstić information content (AvgIpc) is 2.66. The lowest BCUT2D eigenvalue weighted by molar-refractivity contribution is 0.0687. The molecule has 1 heterocycles. The number of benzene rings is 2. The first-order chi connectivity index (χ1) is 12.9. The number of amides is 1. The monoisotopic (exact) mass is 385 g/mol. The zero-order valence-electron chi connectivity index (χ0n) is 15.8. The van der Waals surface area contributed by atoms with Crippen molar-refractivity contribution in [2.45, 2.75) is 31.4 Å². The van der Waals surface area contributed by atoms with E-state index in [1.165, 1.54) is 18.2 Å². The van der Waals surface area contributed by atoms with Crippen LogP contribution >= 0.6 is 0 Å². The number of rotatable bonds is 6. The molecule has 1 saturated heterocycles. The molecule has 1 amide bonds. The summed E-state index contributed by atoms with van der Waals surface area (Å²) in [7, 11) is -3.06. The van der Waals surface area contributed by atoms with Gasteiger partial charge in [0.05, 0.1) is 5.75 Å². The summed E-state index contributed by atoms with van der Waals surface area (Å²) >= 11 is 0. The van der Waals surface area contributed by atoms with Crippen LogP contribution in [-0.2, 0) is 22.0 Å². The van der Waals surface area contributed by atoms with Gasteiger partial charge >= 0.3 is 0 Å². The first kappa shape index (κ1) is 19.6. The molecule has 3 rings (SSSR count). The van der Waals surface area contributed by atoms with Crippen LogP contribution in [0.15, 0.2) is 54.6 Å². The molecule has 144 valence electrons. The van der Waals surface area contributed by atoms with Gasteiger partial charge < -0.3 is 4.90 Å². The predicted molar refractivity (Wildman–Crippen MR) is 108 cm³/mol. The van der Waals surface area contributed by atoms with E-state index in [1.807, 2.05) is 11.0 Å². The maximum atomic E-state index is 12.7. The Morgan fingerprint density at radius 1 is 0.963 bits per heavy atom. The molecular weight excluding hydrogens is 358 g/mol. The van der Waals surface area contributed by atoms with Crippen molar-refractivity contribution in [2.75, 3.05) is 19.3 Å². The second-order valence-electron chi connectivity index (χ2n) is 7.53. The van der Waals surface area contributed by atoms with Gasteiger partial charge in [0, 0.05) is 24.9 Å². The van der Waals surface area contributed by atoms with Gasteiger partial charge in [-0.1, -0.05) is 42.5 Å². The fourth-order valence-corrected chi connectivity index (χ4v) is 4.47.